The normalized spacial score (nSPS) is 17.1. The molecular weight excluding hydrogens is 306 g/mol. The average Bonchev–Trinajstić information content (AvgIpc) is 2.81. The lowest BCUT2D eigenvalue weighted by atomic mass is 9.88. The summed E-state index contributed by atoms with van der Waals surface area (Å²) in [6.45, 7) is 2.15. The molecule has 0 saturated carbocycles. The standard InChI is InChI=1S/C15H17NO5S/c1-8-3-4-9-10(7-8)22-14(13(9)15(20)21-2)16-11(17)5-6-12(18)19/h5-6,8H,3-4,7H2,1-2H3,(H,16,17)(H,18,19)/b6-5-/t8-/m1/s1. The van der Waals surface area contributed by atoms with E-state index in [2.05, 4.69) is 12.2 Å². The van der Waals surface area contributed by atoms with E-state index in [0.29, 0.717) is 16.5 Å². The lowest BCUT2D eigenvalue weighted by Gasteiger charge is -2.18. The van der Waals surface area contributed by atoms with Crippen LogP contribution in [0, 0.1) is 5.92 Å². The van der Waals surface area contributed by atoms with Gasteiger partial charge in [-0.3, -0.25) is 4.79 Å². The number of thiophene rings is 1. The van der Waals surface area contributed by atoms with Crippen LogP contribution < -0.4 is 5.32 Å². The van der Waals surface area contributed by atoms with Crippen LogP contribution in [0.25, 0.3) is 0 Å². The summed E-state index contributed by atoms with van der Waals surface area (Å²) >= 11 is 1.36. The molecular formula is C15H17NO5S. The van der Waals surface area contributed by atoms with Crippen molar-refractivity contribution < 1.29 is 24.2 Å². The fourth-order valence-electron chi connectivity index (χ4n) is 2.46. The number of carboxylic acid groups (broad SMARTS) is 1. The van der Waals surface area contributed by atoms with Crippen LogP contribution in [0.4, 0.5) is 5.00 Å². The number of carbonyl (C=O) groups excluding carboxylic acids is 2. The molecule has 22 heavy (non-hydrogen) atoms. The highest BCUT2D eigenvalue weighted by Gasteiger charge is 2.28. The highest BCUT2D eigenvalue weighted by Crippen LogP contribution is 2.39. The predicted octanol–water partition coefficient (Wildman–Crippen LogP) is 2.24. The second-order valence-electron chi connectivity index (χ2n) is 5.21. The molecule has 0 unspecified atom stereocenters. The summed E-state index contributed by atoms with van der Waals surface area (Å²) in [5, 5.41) is 11.5. The van der Waals surface area contributed by atoms with Gasteiger partial charge in [-0.15, -0.1) is 11.3 Å². The third-order valence-electron chi connectivity index (χ3n) is 3.52. The van der Waals surface area contributed by atoms with Gasteiger partial charge in [-0.2, -0.15) is 0 Å². The van der Waals surface area contributed by atoms with Gasteiger partial charge >= 0.3 is 11.9 Å². The molecule has 0 aromatic carbocycles. The Morgan fingerprint density at radius 3 is 2.73 bits per heavy atom. The number of aliphatic carboxylic acids is 1. The van der Waals surface area contributed by atoms with Crippen LogP contribution in [0.15, 0.2) is 12.2 Å². The first-order chi connectivity index (χ1) is 10.4. The van der Waals surface area contributed by atoms with E-state index in [0.717, 1.165) is 41.9 Å². The Kier molecular flexibility index (Phi) is 4.97. The van der Waals surface area contributed by atoms with E-state index < -0.39 is 17.8 Å². The van der Waals surface area contributed by atoms with Crippen molar-refractivity contribution in [2.45, 2.75) is 26.2 Å². The van der Waals surface area contributed by atoms with Crippen molar-refractivity contribution in [3.63, 3.8) is 0 Å². The second kappa shape index (κ2) is 6.74. The maximum absolute atomic E-state index is 12.0. The zero-order valence-corrected chi connectivity index (χ0v) is 13.2. The van der Waals surface area contributed by atoms with Crippen LogP contribution in [-0.2, 0) is 27.2 Å². The first-order valence-corrected chi connectivity index (χ1v) is 7.68. The summed E-state index contributed by atoms with van der Waals surface area (Å²) in [5.41, 5.74) is 1.33. The summed E-state index contributed by atoms with van der Waals surface area (Å²) in [4.78, 5) is 35.3. The van der Waals surface area contributed by atoms with Crippen molar-refractivity contribution in [2.75, 3.05) is 12.4 Å². The van der Waals surface area contributed by atoms with Crippen molar-refractivity contribution in [3.05, 3.63) is 28.2 Å². The van der Waals surface area contributed by atoms with Crippen LogP contribution in [0.5, 0.6) is 0 Å². The predicted molar refractivity (Wildman–Crippen MR) is 82.3 cm³/mol. The minimum absolute atomic E-state index is 0.395. The van der Waals surface area contributed by atoms with Gasteiger partial charge in [0.15, 0.2) is 0 Å². The van der Waals surface area contributed by atoms with Crippen LogP contribution in [0.3, 0.4) is 0 Å². The molecule has 0 radical (unpaired) electrons. The van der Waals surface area contributed by atoms with Crippen molar-refractivity contribution >= 4 is 34.2 Å². The van der Waals surface area contributed by atoms with Gasteiger partial charge < -0.3 is 15.2 Å². The maximum Gasteiger partial charge on any atom is 0.341 e. The Balaban J connectivity index is 2.32. The molecule has 1 amide bonds. The van der Waals surface area contributed by atoms with Gasteiger partial charge in [0.05, 0.1) is 12.7 Å². The van der Waals surface area contributed by atoms with E-state index in [-0.39, 0.29) is 0 Å². The number of esters is 1. The fourth-order valence-corrected chi connectivity index (χ4v) is 3.86. The number of nitrogens with one attached hydrogen (secondary N) is 1. The quantitative estimate of drug-likeness (QED) is 0.655. The molecule has 1 aliphatic rings. The monoisotopic (exact) mass is 323 g/mol. The first-order valence-electron chi connectivity index (χ1n) is 6.87. The molecule has 2 rings (SSSR count). The van der Waals surface area contributed by atoms with E-state index >= 15 is 0 Å². The van der Waals surface area contributed by atoms with Crippen molar-refractivity contribution in [1.29, 1.82) is 0 Å². The molecule has 1 atom stereocenters. The summed E-state index contributed by atoms with van der Waals surface area (Å²) in [6, 6.07) is 0. The molecule has 1 aliphatic carbocycles. The van der Waals surface area contributed by atoms with E-state index in [1.807, 2.05) is 0 Å². The molecule has 118 valence electrons. The molecule has 0 bridgehead atoms. The molecule has 2 N–H and O–H groups in total. The highest BCUT2D eigenvalue weighted by molar-refractivity contribution is 7.17. The Bertz CT molecular complexity index is 647. The number of anilines is 1. The Hall–Kier alpha value is -2.15. The smallest absolute Gasteiger partial charge is 0.341 e. The van der Waals surface area contributed by atoms with Gasteiger partial charge in [0.1, 0.15) is 5.00 Å². The highest BCUT2D eigenvalue weighted by atomic mass is 32.1. The van der Waals surface area contributed by atoms with Gasteiger partial charge in [-0.25, -0.2) is 9.59 Å². The molecule has 0 saturated heterocycles. The van der Waals surface area contributed by atoms with Crippen LogP contribution in [0.2, 0.25) is 0 Å². The summed E-state index contributed by atoms with van der Waals surface area (Å²) in [7, 11) is 1.30. The van der Waals surface area contributed by atoms with Crippen molar-refractivity contribution in [2.24, 2.45) is 5.92 Å². The molecule has 0 spiro atoms. The van der Waals surface area contributed by atoms with Gasteiger partial charge in [-0.05, 0) is 30.7 Å². The fraction of sp³-hybridized carbons (Fsp3) is 0.400. The lowest BCUT2D eigenvalue weighted by Crippen LogP contribution is -2.15. The number of methoxy groups -OCH3 is 1. The van der Waals surface area contributed by atoms with Crippen LogP contribution in [0.1, 0.15) is 34.1 Å². The SMILES string of the molecule is COC(=O)c1c(NC(=O)/C=C\C(=O)O)sc2c1CC[C@@H](C)C2. The minimum Gasteiger partial charge on any atom is -0.478 e. The molecule has 0 aliphatic heterocycles. The minimum atomic E-state index is -1.21. The topological polar surface area (TPSA) is 92.7 Å². The Morgan fingerprint density at radius 1 is 1.36 bits per heavy atom. The molecule has 7 heteroatoms. The molecule has 0 fully saturated rings. The van der Waals surface area contributed by atoms with E-state index in [1.165, 1.54) is 18.4 Å². The molecule has 6 nitrogen and oxygen atoms in total. The number of hydrogen-bond acceptors (Lipinski definition) is 5. The van der Waals surface area contributed by atoms with Crippen LogP contribution in [-0.4, -0.2) is 30.1 Å². The van der Waals surface area contributed by atoms with E-state index in [9.17, 15) is 14.4 Å². The number of ether oxygens (including phenoxy) is 1. The van der Waals surface area contributed by atoms with Gasteiger partial charge in [0.2, 0.25) is 5.91 Å². The Morgan fingerprint density at radius 2 is 2.09 bits per heavy atom. The number of rotatable bonds is 4. The van der Waals surface area contributed by atoms with Crippen molar-refractivity contribution in [3.8, 4) is 0 Å². The first kappa shape index (κ1) is 16.2. The van der Waals surface area contributed by atoms with E-state index in [1.54, 1.807) is 0 Å². The zero-order chi connectivity index (χ0) is 16.3. The number of hydrogen-bond donors (Lipinski definition) is 2. The van der Waals surface area contributed by atoms with Gasteiger partial charge in [0.25, 0.3) is 0 Å². The molecule has 1 heterocycles. The number of fused-ring (bicyclic) bond motifs is 1. The largest absolute Gasteiger partial charge is 0.478 e. The second-order valence-corrected chi connectivity index (χ2v) is 6.31. The van der Waals surface area contributed by atoms with Crippen molar-refractivity contribution in [1.82, 2.24) is 0 Å². The zero-order valence-electron chi connectivity index (χ0n) is 12.3. The number of carboxylic acids is 1. The average molecular weight is 323 g/mol. The third-order valence-corrected chi connectivity index (χ3v) is 4.68. The Labute approximate surface area is 131 Å². The maximum atomic E-state index is 12.0. The molecule has 1 aromatic heterocycles. The summed E-state index contributed by atoms with van der Waals surface area (Å²) < 4.78 is 4.81. The van der Waals surface area contributed by atoms with Gasteiger partial charge in [0, 0.05) is 17.0 Å². The van der Waals surface area contributed by atoms with E-state index in [4.69, 9.17) is 9.84 Å². The summed E-state index contributed by atoms with van der Waals surface area (Å²) in [5.74, 6) is -1.74. The summed E-state index contributed by atoms with van der Waals surface area (Å²) in [6.07, 6.45) is 4.30. The van der Waals surface area contributed by atoms with Crippen LogP contribution >= 0.6 is 11.3 Å². The van der Waals surface area contributed by atoms with Gasteiger partial charge in [-0.1, -0.05) is 6.92 Å². The molecule has 1 aromatic rings. The lowest BCUT2D eigenvalue weighted by molar-refractivity contribution is -0.131. The number of carbonyl (C=O) groups is 3. The number of amides is 1. The third kappa shape index (κ3) is 3.54.